The van der Waals surface area contributed by atoms with Crippen LogP contribution < -0.4 is 0 Å². The van der Waals surface area contributed by atoms with Crippen LogP contribution in [-0.4, -0.2) is 11.1 Å². The zero-order chi connectivity index (χ0) is 9.87. The van der Waals surface area contributed by atoms with Crippen LogP contribution in [0.5, 0.6) is 0 Å². The molecule has 2 aliphatic rings. The third kappa shape index (κ3) is 0.989. The van der Waals surface area contributed by atoms with Gasteiger partial charge in [0, 0.05) is 10.4 Å². The van der Waals surface area contributed by atoms with Crippen molar-refractivity contribution >= 4 is 21.9 Å². The number of carbonyl (C=O) groups is 1. The molecule has 1 aromatic rings. The van der Waals surface area contributed by atoms with Gasteiger partial charge in [-0.15, -0.1) is 0 Å². The van der Waals surface area contributed by atoms with E-state index < -0.39 is 5.97 Å². The third-order valence-corrected chi connectivity index (χ3v) is 3.87. The Morgan fingerprint density at radius 2 is 2.29 bits per heavy atom. The lowest BCUT2D eigenvalue weighted by Gasteiger charge is -2.04. The van der Waals surface area contributed by atoms with Crippen LogP contribution in [0.15, 0.2) is 22.7 Å². The molecule has 0 amide bonds. The Bertz CT molecular complexity index is 427. The lowest BCUT2D eigenvalue weighted by atomic mass is 10.0. The van der Waals surface area contributed by atoms with Gasteiger partial charge in [-0.2, -0.15) is 0 Å². The standard InChI is InChI=1S/C11H9BrO2/c12-6-2-1-5-3-8-9(7(5)4-6)10(8)11(13)14/h1-2,4,8-10H,3H2,(H,13,14)/t8-,9-,10+/m0/s1. The summed E-state index contributed by atoms with van der Waals surface area (Å²) in [6, 6.07) is 6.20. The summed E-state index contributed by atoms with van der Waals surface area (Å²) in [4.78, 5) is 10.9. The van der Waals surface area contributed by atoms with Crippen LogP contribution in [0.25, 0.3) is 0 Å². The molecule has 0 spiro atoms. The number of halogens is 1. The highest BCUT2D eigenvalue weighted by Gasteiger charge is 2.59. The molecule has 0 unspecified atom stereocenters. The van der Waals surface area contributed by atoms with E-state index in [1.165, 1.54) is 11.1 Å². The molecule has 0 saturated heterocycles. The number of hydrogen-bond acceptors (Lipinski definition) is 1. The zero-order valence-corrected chi connectivity index (χ0v) is 8.99. The van der Waals surface area contributed by atoms with Gasteiger partial charge in [-0.3, -0.25) is 4.79 Å². The molecular weight excluding hydrogens is 244 g/mol. The van der Waals surface area contributed by atoms with Crippen molar-refractivity contribution in [3.8, 4) is 0 Å². The molecule has 0 aromatic heterocycles. The Kier molecular flexibility index (Phi) is 1.57. The van der Waals surface area contributed by atoms with Gasteiger partial charge in [-0.1, -0.05) is 22.0 Å². The lowest BCUT2D eigenvalue weighted by molar-refractivity contribution is -0.139. The van der Waals surface area contributed by atoms with E-state index in [0.29, 0.717) is 11.8 Å². The lowest BCUT2D eigenvalue weighted by Crippen LogP contribution is -2.04. The summed E-state index contributed by atoms with van der Waals surface area (Å²) >= 11 is 3.42. The molecule has 2 aliphatic carbocycles. The molecule has 0 aliphatic heterocycles. The molecule has 72 valence electrons. The zero-order valence-electron chi connectivity index (χ0n) is 7.40. The summed E-state index contributed by atoms with van der Waals surface area (Å²) in [7, 11) is 0. The SMILES string of the molecule is O=C(O)[C@@H]1[C@H]2Cc3ccc(Br)cc3[C@@H]21. The van der Waals surface area contributed by atoms with Crippen LogP contribution in [0.2, 0.25) is 0 Å². The van der Waals surface area contributed by atoms with Crippen molar-refractivity contribution in [1.82, 2.24) is 0 Å². The third-order valence-electron chi connectivity index (χ3n) is 3.38. The first kappa shape index (κ1) is 8.48. The Labute approximate surface area is 90.1 Å². The van der Waals surface area contributed by atoms with Gasteiger partial charge >= 0.3 is 5.97 Å². The number of hydrogen-bond donors (Lipinski definition) is 1. The Hall–Kier alpha value is -0.830. The number of aliphatic carboxylic acids is 1. The molecule has 0 radical (unpaired) electrons. The van der Waals surface area contributed by atoms with Gasteiger partial charge in [-0.05, 0) is 35.6 Å². The van der Waals surface area contributed by atoms with E-state index in [9.17, 15) is 4.79 Å². The molecule has 2 nitrogen and oxygen atoms in total. The van der Waals surface area contributed by atoms with E-state index in [4.69, 9.17) is 5.11 Å². The normalized spacial score (nSPS) is 32.2. The summed E-state index contributed by atoms with van der Waals surface area (Å²) in [6.07, 6.45) is 0.949. The van der Waals surface area contributed by atoms with Gasteiger partial charge in [0.15, 0.2) is 0 Å². The van der Waals surface area contributed by atoms with Gasteiger partial charge in [-0.25, -0.2) is 0 Å². The van der Waals surface area contributed by atoms with Crippen molar-refractivity contribution in [1.29, 1.82) is 0 Å². The molecule has 0 heterocycles. The predicted octanol–water partition coefficient (Wildman–Crippen LogP) is 2.42. The summed E-state index contributed by atoms with van der Waals surface area (Å²) in [5.74, 6) is -0.0841. The average molecular weight is 253 g/mol. The summed E-state index contributed by atoms with van der Waals surface area (Å²) < 4.78 is 1.05. The fourth-order valence-corrected chi connectivity index (χ4v) is 3.08. The monoisotopic (exact) mass is 252 g/mol. The minimum atomic E-state index is -0.634. The van der Waals surface area contributed by atoms with Gasteiger partial charge < -0.3 is 5.11 Å². The fourth-order valence-electron chi connectivity index (χ4n) is 2.70. The maximum atomic E-state index is 10.9. The molecule has 3 atom stereocenters. The number of rotatable bonds is 1. The predicted molar refractivity (Wildman–Crippen MR) is 55.2 cm³/mol. The van der Waals surface area contributed by atoms with Crippen molar-refractivity contribution in [2.45, 2.75) is 12.3 Å². The van der Waals surface area contributed by atoms with E-state index in [2.05, 4.69) is 28.1 Å². The van der Waals surface area contributed by atoms with Gasteiger partial charge in [0.25, 0.3) is 0 Å². The average Bonchev–Trinajstić information content (AvgIpc) is 2.73. The van der Waals surface area contributed by atoms with Crippen molar-refractivity contribution in [3.63, 3.8) is 0 Å². The van der Waals surface area contributed by atoms with Crippen molar-refractivity contribution in [2.75, 3.05) is 0 Å². The smallest absolute Gasteiger partial charge is 0.307 e. The molecule has 0 bridgehead atoms. The van der Waals surface area contributed by atoms with E-state index in [1.54, 1.807) is 0 Å². The van der Waals surface area contributed by atoms with Crippen molar-refractivity contribution < 1.29 is 9.90 Å². The van der Waals surface area contributed by atoms with Crippen LogP contribution in [0.1, 0.15) is 17.0 Å². The molecule has 3 heteroatoms. The van der Waals surface area contributed by atoms with Crippen molar-refractivity contribution in [2.24, 2.45) is 11.8 Å². The first-order chi connectivity index (χ1) is 6.68. The van der Waals surface area contributed by atoms with Gasteiger partial charge in [0.2, 0.25) is 0 Å². The summed E-state index contributed by atoms with van der Waals surface area (Å²) in [6.45, 7) is 0. The molecule has 3 rings (SSSR count). The summed E-state index contributed by atoms with van der Waals surface area (Å²) in [5, 5.41) is 8.94. The highest BCUT2D eigenvalue weighted by molar-refractivity contribution is 9.10. The number of carboxylic acids is 1. The van der Waals surface area contributed by atoms with Crippen LogP contribution in [0, 0.1) is 11.8 Å². The number of carboxylic acid groups (broad SMARTS) is 1. The maximum absolute atomic E-state index is 10.9. The van der Waals surface area contributed by atoms with Crippen LogP contribution >= 0.6 is 15.9 Å². The minimum absolute atomic E-state index is 0.114. The summed E-state index contributed by atoms with van der Waals surface area (Å²) in [5.41, 5.74) is 2.58. The van der Waals surface area contributed by atoms with E-state index in [1.807, 2.05) is 6.07 Å². The second-order valence-electron chi connectivity index (χ2n) is 4.10. The second-order valence-corrected chi connectivity index (χ2v) is 5.02. The Morgan fingerprint density at radius 1 is 1.50 bits per heavy atom. The first-order valence-corrected chi connectivity index (χ1v) is 5.49. The molecule has 1 N–H and O–H groups in total. The van der Waals surface area contributed by atoms with Crippen LogP contribution in [-0.2, 0) is 11.2 Å². The van der Waals surface area contributed by atoms with Crippen LogP contribution in [0.3, 0.4) is 0 Å². The molecule has 14 heavy (non-hydrogen) atoms. The number of benzene rings is 1. The first-order valence-electron chi connectivity index (χ1n) is 4.69. The van der Waals surface area contributed by atoms with Gasteiger partial charge in [0.1, 0.15) is 0 Å². The molecule has 1 aromatic carbocycles. The van der Waals surface area contributed by atoms with Crippen molar-refractivity contribution in [3.05, 3.63) is 33.8 Å². The quantitative estimate of drug-likeness (QED) is 0.834. The van der Waals surface area contributed by atoms with E-state index >= 15 is 0 Å². The Morgan fingerprint density at radius 3 is 3.00 bits per heavy atom. The topological polar surface area (TPSA) is 37.3 Å². The Balaban J connectivity index is 2.01. The maximum Gasteiger partial charge on any atom is 0.307 e. The molecular formula is C11H9BrO2. The van der Waals surface area contributed by atoms with E-state index in [0.717, 1.165) is 10.9 Å². The highest BCUT2D eigenvalue weighted by atomic mass is 79.9. The van der Waals surface area contributed by atoms with Crippen LogP contribution in [0.4, 0.5) is 0 Å². The second kappa shape index (κ2) is 2.60. The highest BCUT2D eigenvalue weighted by Crippen LogP contribution is 2.61. The van der Waals surface area contributed by atoms with E-state index in [-0.39, 0.29) is 5.92 Å². The molecule has 1 saturated carbocycles. The van der Waals surface area contributed by atoms with Gasteiger partial charge in [0.05, 0.1) is 5.92 Å². The molecule has 1 fully saturated rings. The minimum Gasteiger partial charge on any atom is -0.481 e. The fraction of sp³-hybridized carbons (Fsp3) is 0.364. The largest absolute Gasteiger partial charge is 0.481 e. The number of fused-ring (bicyclic) bond motifs is 3.